The smallest absolute Gasteiger partial charge is 0.341 e. The number of alkyl halides is 3. The predicted molar refractivity (Wildman–Crippen MR) is 78.7 cm³/mol. The van der Waals surface area contributed by atoms with E-state index in [9.17, 15) is 22.8 Å². The number of anilines is 1. The zero-order valence-electron chi connectivity index (χ0n) is 12.5. The summed E-state index contributed by atoms with van der Waals surface area (Å²) in [7, 11) is 0. The maximum Gasteiger partial charge on any atom is 0.417 e. The van der Waals surface area contributed by atoms with Crippen molar-refractivity contribution in [1.29, 1.82) is 0 Å². The third-order valence-corrected chi connectivity index (χ3v) is 3.07. The Labute approximate surface area is 135 Å². The molecule has 0 aliphatic heterocycles. The summed E-state index contributed by atoms with van der Waals surface area (Å²) >= 11 is 0. The Morgan fingerprint density at radius 1 is 1.12 bits per heavy atom. The van der Waals surface area contributed by atoms with Crippen molar-refractivity contribution in [2.75, 3.05) is 5.32 Å². The van der Waals surface area contributed by atoms with Crippen molar-refractivity contribution in [2.24, 2.45) is 0 Å². The Kier molecular flexibility index (Phi) is 5.12. The molecule has 126 valence electrons. The van der Waals surface area contributed by atoms with Crippen molar-refractivity contribution in [3.8, 4) is 0 Å². The summed E-state index contributed by atoms with van der Waals surface area (Å²) in [5.41, 5.74) is -0.249. The summed E-state index contributed by atoms with van der Waals surface area (Å²) in [5.74, 6) is -2.12. The van der Waals surface area contributed by atoms with Gasteiger partial charge in [0.15, 0.2) is 0 Å². The van der Waals surface area contributed by atoms with Gasteiger partial charge in [0, 0.05) is 18.6 Å². The predicted octanol–water partition coefficient (Wildman–Crippen LogP) is 2.31. The lowest BCUT2D eigenvalue weighted by molar-refractivity contribution is -0.137. The minimum absolute atomic E-state index is 0.155. The average Bonchev–Trinajstić information content (AvgIpc) is 2.55. The largest absolute Gasteiger partial charge is 0.417 e. The zero-order valence-corrected chi connectivity index (χ0v) is 12.5. The highest BCUT2D eigenvalue weighted by atomic mass is 19.4. The van der Waals surface area contributed by atoms with E-state index in [1.54, 1.807) is 31.5 Å². The highest BCUT2D eigenvalue weighted by Crippen LogP contribution is 2.28. The normalized spacial score (nSPS) is 12.3. The topological polar surface area (TPSA) is 84.0 Å². The minimum Gasteiger partial charge on any atom is -0.341 e. The third-order valence-electron chi connectivity index (χ3n) is 3.07. The van der Waals surface area contributed by atoms with Crippen molar-refractivity contribution >= 4 is 17.6 Å². The average molecular weight is 338 g/mol. The lowest BCUT2D eigenvalue weighted by Gasteiger charge is -2.13. The first-order valence-electron chi connectivity index (χ1n) is 6.82. The zero-order chi connectivity index (χ0) is 17.7. The minimum atomic E-state index is -4.52. The molecule has 6 nitrogen and oxygen atoms in total. The molecular weight excluding hydrogens is 325 g/mol. The molecule has 0 bridgehead atoms. The molecule has 0 saturated heterocycles. The standard InChI is InChI=1S/C15H13F3N4O2/c1-9(10-3-2-6-19-7-10)21-13(23)14(24)22-12-5-4-11(8-20-12)15(16,17)18/h2-9H,1H3,(H,21,23)(H,20,22,24)/t9-/m1/s1. The van der Waals surface area contributed by atoms with Crippen LogP contribution in [0.5, 0.6) is 0 Å². The van der Waals surface area contributed by atoms with Gasteiger partial charge in [0.2, 0.25) is 0 Å². The molecule has 0 aliphatic carbocycles. The number of nitrogens with one attached hydrogen (secondary N) is 2. The van der Waals surface area contributed by atoms with Crippen LogP contribution in [0.2, 0.25) is 0 Å². The number of aromatic nitrogens is 2. The fourth-order valence-electron chi connectivity index (χ4n) is 1.79. The molecule has 0 spiro atoms. The molecule has 2 heterocycles. The van der Waals surface area contributed by atoms with E-state index in [0.29, 0.717) is 11.8 Å². The number of carbonyl (C=O) groups is 2. The molecule has 2 amide bonds. The van der Waals surface area contributed by atoms with E-state index in [1.165, 1.54) is 0 Å². The number of carbonyl (C=O) groups excluding carboxylic acids is 2. The van der Waals surface area contributed by atoms with Crippen LogP contribution >= 0.6 is 0 Å². The summed E-state index contributed by atoms with van der Waals surface area (Å²) in [6.07, 6.45) is -0.834. The molecule has 0 fully saturated rings. The Bertz CT molecular complexity index is 718. The van der Waals surface area contributed by atoms with Crippen molar-refractivity contribution < 1.29 is 22.8 Å². The summed E-state index contributed by atoms with van der Waals surface area (Å²) in [6.45, 7) is 1.67. The number of hydrogen-bond acceptors (Lipinski definition) is 4. The van der Waals surface area contributed by atoms with Crippen molar-refractivity contribution in [1.82, 2.24) is 15.3 Å². The van der Waals surface area contributed by atoms with Crippen LogP contribution in [0.15, 0.2) is 42.9 Å². The van der Waals surface area contributed by atoms with Gasteiger partial charge in [-0.1, -0.05) is 6.07 Å². The van der Waals surface area contributed by atoms with Gasteiger partial charge in [-0.3, -0.25) is 14.6 Å². The van der Waals surface area contributed by atoms with Crippen LogP contribution in [-0.2, 0) is 15.8 Å². The monoisotopic (exact) mass is 338 g/mol. The van der Waals surface area contributed by atoms with Crippen molar-refractivity contribution in [3.63, 3.8) is 0 Å². The SMILES string of the molecule is C[C@@H](NC(=O)C(=O)Nc1ccc(C(F)(F)F)cn1)c1cccnc1. The van der Waals surface area contributed by atoms with Gasteiger partial charge in [0.25, 0.3) is 0 Å². The first-order valence-corrected chi connectivity index (χ1v) is 6.82. The number of hydrogen-bond donors (Lipinski definition) is 2. The van der Waals surface area contributed by atoms with Gasteiger partial charge in [0.1, 0.15) is 5.82 Å². The molecule has 24 heavy (non-hydrogen) atoms. The molecular formula is C15H13F3N4O2. The molecule has 0 unspecified atom stereocenters. The highest BCUT2D eigenvalue weighted by molar-refractivity contribution is 6.39. The number of amides is 2. The Hall–Kier alpha value is -2.97. The molecule has 2 N–H and O–H groups in total. The number of pyridine rings is 2. The van der Waals surface area contributed by atoms with Gasteiger partial charge in [-0.15, -0.1) is 0 Å². The molecule has 2 aromatic rings. The van der Waals surface area contributed by atoms with E-state index >= 15 is 0 Å². The van der Waals surface area contributed by atoms with E-state index in [0.717, 1.165) is 12.1 Å². The lowest BCUT2D eigenvalue weighted by Crippen LogP contribution is -2.37. The molecule has 0 aliphatic rings. The van der Waals surface area contributed by atoms with Crippen molar-refractivity contribution in [2.45, 2.75) is 19.1 Å². The van der Waals surface area contributed by atoms with E-state index in [4.69, 9.17) is 0 Å². The van der Waals surface area contributed by atoms with Crippen LogP contribution in [0.3, 0.4) is 0 Å². The summed E-state index contributed by atoms with van der Waals surface area (Å²) < 4.78 is 37.3. The molecule has 2 aromatic heterocycles. The molecule has 0 radical (unpaired) electrons. The Balaban J connectivity index is 1.95. The maximum atomic E-state index is 12.4. The number of rotatable bonds is 3. The van der Waals surface area contributed by atoms with Gasteiger partial charge in [-0.25, -0.2) is 4.98 Å². The fraction of sp³-hybridized carbons (Fsp3) is 0.200. The molecule has 0 aromatic carbocycles. The number of halogens is 3. The fourth-order valence-corrected chi connectivity index (χ4v) is 1.79. The van der Waals surface area contributed by atoms with Crippen LogP contribution < -0.4 is 10.6 Å². The van der Waals surface area contributed by atoms with E-state index < -0.39 is 29.6 Å². The van der Waals surface area contributed by atoms with Gasteiger partial charge in [0.05, 0.1) is 11.6 Å². The van der Waals surface area contributed by atoms with Gasteiger partial charge in [-0.2, -0.15) is 13.2 Å². The molecule has 9 heteroatoms. The first kappa shape index (κ1) is 17.4. The third kappa shape index (κ3) is 4.51. The quantitative estimate of drug-likeness (QED) is 0.841. The van der Waals surface area contributed by atoms with Crippen LogP contribution in [0.4, 0.5) is 19.0 Å². The van der Waals surface area contributed by atoms with Crippen LogP contribution in [-0.4, -0.2) is 21.8 Å². The molecule has 2 rings (SSSR count). The van der Waals surface area contributed by atoms with E-state index in [1.807, 2.05) is 0 Å². The first-order chi connectivity index (χ1) is 11.3. The summed E-state index contributed by atoms with van der Waals surface area (Å²) in [4.78, 5) is 30.9. The second-order valence-corrected chi connectivity index (χ2v) is 4.87. The van der Waals surface area contributed by atoms with Crippen LogP contribution in [0, 0.1) is 0 Å². The lowest BCUT2D eigenvalue weighted by atomic mass is 10.1. The second kappa shape index (κ2) is 7.07. The van der Waals surface area contributed by atoms with E-state index in [-0.39, 0.29) is 5.82 Å². The van der Waals surface area contributed by atoms with Gasteiger partial charge < -0.3 is 10.6 Å². The second-order valence-electron chi connectivity index (χ2n) is 4.87. The van der Waals surface area contributed by atoms with E-state index in [2.05, 4.69) is 20.6 Å². The molecule has 1 atom stereocenters. The number of nitrogens with zero attached hydrogens (tertiary/aromatic N) is 2. The van der Waals surface area contributed by atoms with Crippen LogP contribution in [0.25, 0.3) is 0 Å². The van der Waals surface area contributed by atoms with Gasteiger partial charge >= 0.3 is 18.0 Å². The summed E-state index contributed by atoms with van der Waals surface area (Å²) in [5, 5.41) is 4.59. The van der Waals surface area contributed by atoms with Crippen LogP contribution in [0.1, 0.15) is 24.1 Å². The summed E-state index contributed by atoms with van der Waals surface area (Å²) in [6, 6.07) is 4.69. The highest BCUT2D eigenvalue weighted by Gasteiger charge is 2.30. The molecule has 0 saturated carbocycles. The van der Waals surface area contributed by atoms with Gasteiger partial charge in [-0.05, 0) is 30.7 Å². The van der Waals surface area contributed by atoms with Crippen molar-refractivity contribution in [3.05, 3.63) is 54.0 Å². The Morgan fingerprint density at radius 2 is 1.88 bits per heavy atom. The maximum absolute atomic E-state index is 12.4. The Morgan fingerprint density at radius 3 is 2.42 bits per heavy atom.